The van der Waals surface area contributed by atoms with Gasteiger partial charge < -0.3 is 30.4 Å². The molecule has 4 fully saturated rings. The Bertz CT molecular complexity index is 1310. The van der Waals surface area contributed by atoms with Crippen LogP contribution in [0, 0.1) is 23.2 Å². The highest BCUT2D eigenvalue weighted by molar-refractivity contribution is 6.47. The predicted octanol–water partition coefficient (Wildman–Crippen LogP) is 5.07. The summed E-state index contributed by atoms with van der Waals surface area (Å²) in [4.78, 5) is 25.8. The molecule has 7 rings (SSSR count). The van der Waals surface area contributed by atoms with Gasteiger partial charge in [0.25, 0.3) is 0 Å². The molecular formula is C33H45BClN3O5. The minimum Gasteiger partial charge on any atom is -0.449 e. The van der Waals surface area contributed by atoms with Crippen molar-refractivity contribution in [2.24, 2.45) is 28.9 Å². The lowest BCUT2D eigenvalue weighted by Gasteiger charge is -2.64. The second-order valence-electron chi connectivity index (χ2n) is 13.9. The quantitative estimate of drug-likeness (QED) is 0.342. The first-order valence-corrected chi connectivity index (χ1v) is 15.5. The van der Waals surface area contributed by atoms with E-state index in [9.17, 15) is 9.59 Å². The summed E-state index contributed by atoms with van der Waals surface area (Å²) < 4.78 is 18.7. The zero-order chi connectivity index (χ0) is 29.8. The lowest BCUT2D eigenvalue weighted by atomic mass is 9.43. The van der Waals surface area contributed by atoms with Gasteiger partial charge in [0.1, 0.15) is 12.6 Å². The van der Waals surface area contributed by atoms with Gasteiger partial charge in [-0.2, -0.15) is 0 Å². The van der Waals surface area contributed by atoms with Crippen LogP contribution in [0.15, 0.2) is 48.5 Å². The molecule has 3 saturated carbocycles. The van der Waals surface area contributed by atoms with Crippen LogP contribution in [0.5, 0.6) is 0 Å². The molecule has 2 amide bonds. The van der Waals surface area contributed by atoms with Crippen LogP contribution in [0.1, 0.15) is 70.9 Å². The van der Waals surface area contributed by atoms with Gasteiger partial charge in [-0.25, -0.2) is 4.79 Å². The molecule has 0 spiro atoms. The predicted molar refractivity (Wildman–Crippen MR) is 170 cm³/mol. The van der Waals surface area contributed by atoms with E-state index < -0.39 is 19.3 Å². The maximum Gasteiger partial charge on any atom is 0.481 e. The maximum atomic E-state index is 13.2. The smallest absolute Gasteiger partial charge is 0.449 e. The molecule has 1 heterocycles. The number of nitrogens with one attached hydrogen (secondary N) is 2. The Balaban J connectivity index is 0.00000368. The second kappa shape index (κ2) is 12.1. The van der Waals surface area contributed by atoms with Crippen molar-refractivity contribution in [2.75, 3.05) is 13.2 Å². The first kappa shape index (κ1) is 31.8. The SMILES string of the molecule is CC(C)C[C@H](NC(=O)[C@@H](N)CNC(=O)OCC1c2ccccc2-c2ccccc21)B1O[C@@H]2C[C@@H]3C[C@@H](C3(C)C)[C@]2(C)O1.Cl. The molecular weight excluding hydrogens is 565 g/mol. The van der Waals surface area contributed by atoms with Crippen molar-refractivity contribution in [3.05, 3.63) is 59.7 Å². The standard InChI is InChI=1S/C33H44BN3O5.ClH/c1-19(2)14-29(34-41-28-16-20-15-27(32(20,3)4)33(28,5)42-34)37-30(38)26(35)17-36-31(39)40-18-25-23-12-8-6-10-21(23)22-11-7-9-13-24(22)25;/h6-13,19-20,25-29H,14-18,35H2,1-5H3,(H,36,39)(H,37,38);1H/t20-,26-,27-,28+,29-,33-;/m0./s1. The summed E-state index contributed by atoms with van der Waals surface area (Å²) >= 11 is 0. The summed E-state index contributed by atoms with van der Waals surface area (Å²) in [7, 11) is -0.524. The van der Waals surface area contributed by atoms with Crippen molar-refractivity contribution >= 4 is 31.5 Å². The number of carbonyl (C=O) groups excluding carboxylic acids is 2. The third-order valence-corrected chi connectivity index (χ3v) is 10.5. The van der Waals surface area contributed by atoms with Crippen molar-refractivity contribution in [1.29, 1.82) is 0 Å². The van der Waals surface area contributed by atoms with Gasteiger partial charge in [0.2, 0.25) is 5.91 Å². The van der Waals surface area contributed by atoms with Gasteiger partial charge in [-0.1, -0.05) is 76.2 Å². The molecule has 1 aliphatic heterocycles. The molecule has 2 aromatic carbocycles. The van der Waals surface area contributed by atoms with Gasteiger partial charge in [0.05, 0.1) is 17.6 Å². The van der Waals surface area contributed by atoms with Gasteiger partial charge in [-0.05, 0) is 71.6 Å². The number of halogens is 1. The lowest BCUT2D eigenvalue weighted by molar-refractivity contribution is -0.199. The Hall–Kier alpha value is -2.59. The number of amides is 2. The molecule has 43 heavy (non-hydrogen) atoms. The van der Waals surface area contributed by atoms with E-state index in [1.165, 1.54) is 17.5 Å². The van der Waals surface area contributed by atoms with Gasteiger partial charge in [-0.3, -0.25) is 4.79 Å². The van der Waals surface area contributed by atoms with E-state index >= 15 is 0 Å². The van der Waals surface area contributed by atoms with Crippen molar-refractivity contribution in [2.45, 2.75) is 83.5 Å². The van der Waals surface area contributed by atoms with Crippen molar-refractivity contribution in [3.8, 4) is 11.1 Å². The van der Waals surface area contributed by atoms with Crippen LogP contribution in [-0.2, 0) is 18.8 Å². The van der Waals surface area contributed by atoms with E-state index in [1.54, 1.807) is 0 Å². The van der Waals surface area contributed by atoms with E-state index in [0.717, 1.165) is 17.5 Å². The molecule has 232 valence electrons. The number of hydrogen-bond acceptors (Lipinski definition) is 6. The fourth-order valence-corrected chi connectivity index (χ4v) is 8.04. The van der Waals surface area contributed by atoms with Crippen LogP contribution in [0.2, 0.25) is 0 Å². The number of nitrogens with two attached hydrogens (primary N) is 1. The van der Waals surface area contributed by atoms with E-state index in [1.807, 2.05) is 24.3 Å². The molecule has 4 N–H and O–H groups in total. The van der Waals surface area contributed by atoms with E-state index in [2.05, 4.69) is 69.5 Å². The third-order valence-electron chi connectivity index (χ3n) is 10.5. The fourth-order valence-electron chi connectivity index (χ4n) is 8.04. The highest BCUT2D eigenvalue weighted by Gasteiger charge is 2.68. The average Bonchev–Trinajstić information content (AvgIpc) is 3.48. The molecule has 0 aromatic heterocycles. The molecule has 0 unspecified atom stereocenters. The Morgan fingerprint density at radius 1 is 1.05 bits per heavy atom. The Labute approximate surface area is 261 Å². The van der Waals surface area contributed by atoms with Crippen LogP contribution < -0.4 is 16.4 Å². The highest BCUT2D eigenvalue weighted by Crippen LogP contribution is 2.65. The normalized spacial score (nSPS) is 27.6. The van der Waals surface area contributed by atoms with Gasteiger partial charge >= 0.3 is 13.2 Å². The zero-order valence-electron chi connectivity index (χ0n) is 25.8. The van der Waals surface area contributed by atoms with Crippen LogP contribution in [0.4, 0.5) is 4.79 Å². The molecule has 5 aliphatic rings. The van der Waals surface area contributed by atoms with Crippen molar-refractivity contribution in [1.82, 2.24) is 10.6 Å². The van der Waals surface area contributed by atoms with E-state index in [4.69, 9.17) is 19.8 Å². The first-order valence-electron chi connectivity index (χ1n) is 15.5. The van der Waals surface area contributed by atoms with E-state index in [-0.39, 0.29) is 60.4 Å². The molecule has 4 aliphatic carbocycles. The van der Waals surface area contributed by atoms with Crippen molar-refractivity contribution in [3.63, 3.8) is 0 Å². The first-order chi connectivity index (χ1) is 20.0. The molecule has 10 heteroatoms. The Kier molecular flexibility index (Phi) is 8.93. The number of alkyl carbamates (subject to hydrolysis) is 1. The summed E-state index contributed by atoms with van der Waals surface area (Å²) in [6.07, 6.45) is 2.30. The monoisotopic (exact) mass is 609 g/mol. The fraction of sp³-hybridized carbons (Fsp3) is 0.576. The second-order valence-corrected chi connectivity index (χ2v) is 13.9. The number of benzene rings is 2. The minimum absolute atomic E-state index is 0. The Morgan fingerprint density at radius 3 is 2.28 bits per heavy atom. The summed E-state index contributed by atoms with van der Waals surface area (Å²) in [5.74, 6) is 0.692. The summed E-state index contributed by atoms with van der Waals surface area (Å²) in [5, 5.41) is 5.76. The summed E-state index contributed by atoms with van der Waals surface area (Å²) in [6.45, 7) is 11.2. The maximum absolute atomic E-state index is 13.2. The van der Waals surface area contributed by atoms with Crippen LogP contribution in [-0.4, -0.2) is 56.0 Å². The van der Waals surface area contributed by atoms with Gasteiger partial charge in [0, 0.05) is 12.5 Å². The molecule has 8 nitrogen and oxygen atoms in total. The van der Waals surface area contributed by atoms with Gasteiger partial charge in [0.15, 0.2) is 0 Å². The number of carbonyl (C=O) groups is 2. The summed E-state index contributed by atoms with van der Waals surface area (Å²) in [6, 6.07) is 15.4. The average molecular weight is 610 g/mol. The highest BCUT2D eigenvalue weighted by atomic mass is 35.5. The molecule has 2 bridgehead atoms. The third kappa shape index (κ3) is 5.70. The molecule has 1 saturated heterocycles. The topological polar surface area (TPSA) is 112 Å². The lowest BCUT2D eigenvalue weighted by Crippen LogP contribution is -2.65. The van der Waals surface area contributed by atoms with Crippen LogP contribution >= 0.6 is 12.4 Å². The number of fused-ring (bicyclic) bond motifs is 3. The number of rotatable bonds is 9. The van der Waals surface area contributed by atoms with Crippen LogP contribution in [0.25, 0.3) is 11.1 Å². The molecule has 0 radical (unpaired) electrons. The van der Waals surface area contributed by atoms with E-state index in [0.29, 0.717) is 24.2 Å². The number of hydrogen-bond donors (Lipinski definition) is 3. The van der Waals surface area contributed by atoms with Crippen LogP contribution in [0.3, 0.4) is 0 Å². The largest absolute Gasteiger partial charge is 0.481 e. The minimum atomic E-state index is -0.939. The van der Waals surface area contributed by atoms with Gasteiger partial charge in [-0.15, -0.1) is 12.4 Å². The molecule has 6 atom stereocenters. The Morgan fingerprint density at radius 2 is 1.67 bits per heavy atom. The van der Waals surface area contributed by atoms with Crippen molar-refractivity contribution < 1.29 is 23.6 Å². The summed E-state index contributed by atoms with van der Waals surface area (Å²) in [5.41, 5.74) is 10.7. The number of ether oxygens (including phenoxy) is 1. The molecule has 2 aromatic rings. The zero-order valence-corrected chi connectivity index (χ0v) is 26.6.